The van der Waals surface area contributed by atoms with E-state index in [2.05, 4.69) is 10.3 Å². The number of aliphatic hydroxyl groups is 1. The molecule has 1 N–H and O–H groups in total. The minimum atomic E-state index is -0.0961. The number of hydrogen-bond donors (Lipinski definition) is 1. The van der Waals surface area contributed by atoms with Gasteiger partial charge in [-0.15, -0.1) is 5.10 Å². The summed E-state index contributed by atoms with van der Waals surface area (Å²) in [5, 5.41) is 25.3. The average Bonchev–Trinajstić information content (AvgIpc) is 2.85. The zero-order valence-corrected chi connectivity index (χ0v) is 8.26. The number of hydrogen-bond acceptors (Lipinski definition) is 5. The highest BCUT2D eigenvalue weighted by atomic mass is 16.5. The van der Waals surface area contributed by atoms with Crippen LogP contribution in [0.5, 0.6) is 0 Å². The molecule has 1 aromatic heterocycles. The Balaban J connectivity index is 2.32. The zero-order valence-electron chi connectivity index (χ0n) is 8.26. The molecule has 0 aliphatic carbocycles. The fourth-order valence-electron chi connectivity index (χ4n) is 1.77. The third kappa shape index (κ3) is 1.84. The summed E-state index contributed by atoms with van der Waals surface area (Å²) in [5.74, 6) is 0. The van der Waals surface area contributed by atoms with E-state index in [0.29, 0.717) is 24.5 Å². The maximum atomic E-state index is 8.88. The van der Waals surface area contributed by atoms with E-state index < -0.39 is 0 Å². The van der Waals surface area contributed by atoms with E-state index in [1.165, 1.54) is 0 Å². The van der Waals surface area contributed by atoms with Crippen molar-refractivity contribution in [2.24, 2.45) is 0 Å². The largest absolute Gasteiger partial charge is 0.394 e. The highest BCUT2D eigenvalue weighted by Crippen LogP contribution is 2.29. The summed E-state index contributed by atoms with van der Waals surface area (Å²) < 4.78 is 7.04. The van der Waals surface area contributed by atoms with Crippen LogP contribution in [-0.4, -0.2) is 33.3 Å². The molecule has 0 bridgehead atoms. The summed E-state index contributed by atoms with van der Waals surface area (Å²) in [7, 11) is 0. The second-order valence-electron chi connectivity index (χ2n) is 3.38. The van der Waals surface area contributed by atoms with Crippen LogP contribution >= 0.6 is 0 Å². The second-order valence-corrected chi connectivity index (χ2v) is 3.38. The summed E-state index contributed by atoms with van der Waals surface area (Å²) in [6.07, 6.45) is 1.77. The predicted molar refractivity (Wildman–Crippen MR) is 49.7 cm³/mol. The second kappa shape index (κ2) is 4.38. The van der Waals surface area contributed by atoms with Crippen molar-refractivity contribution in [3.8, 4) is 6.07 Å². The van der Waals surface area contributed by atoms with Crippen LogP contribution in [0.4, 0.5) is 0 Å². The lowest BCUT2D eigenvalue weighted by Crippen LogP contribution is -2.12. The Morgan fingerprint density at radius 2 is 2.53 bits per heavy atom. The summed E-state index contributed by atoms with van der Waals surface area (Å²) in [6, 6.07) is 2.00. The Kier molecular flexibility index (Phi) is 2.94. The van der Waals surface area contributed by atoms with Gasteiger partial charge in [0.2, 0.25) is 0 Å². The normalized spacial score (nSPS) is 20.4. The number of rotatable bonds is 3. The molecule has 2 heterocycles. The van der Waals surface area contributed by atoms with Crippen molar-refractivity contribution < 1.29 is 9.84 Å². The minimum Gasteiger partial charge on any atom is -0.394 e. The van der Waals surface area contributed by atoms with E-state index in [9.17, 15) is 0 Å². The van der Waals surface area contributed by atoms with Gasteiger partial charge >= 0.3 is 0 Å². The Labute approximate surface area is 87.1 Å². The van der Waals surface area contributed by atoms with Gasteiger partial charge in [-0.3, -0.25) is 0 Å². The number of nitriles is 1. The van der Waals surface area contributed by atoms with E-state index in [1.54, 1.807) is 4.68 Å². The third-order valence-electron chi connectivity index (χ3n) is 2.43. The molecular weight excluding hydrogens is 196 g/mol. The molecule has 0 aromatic carbocycles. The molecule has 0 radical (unpaired) electrons. The van der Waals surface area contributed by atoms with Crippen molar-refractivity contribution in [3.05, 3.63) is 11.4 Å². The first-order valence-corrected chi connectivity index (χ1v) is 4.92. The molecule has 15 heavy (non-hydrogen) atoms. The molecule has 1 aliphatic heterocycles. The van der Waals surface area contributed by atoms with Gasteiger partial charge in [-0.05, 0) is 12.8 Å². The molecule has 1 atom stereocenters. The molecule has 0 saturated carbocycles. The van der Waals surface area contributed by atoms with Gasteiger partial charge < -0.3 is 9.84 Å². The van der Waals surface area contributed by atoms with Gasteiger partial charge in [0.1, 0.15) is 17.9 Å². The first-order valence-electron chi connectivity index (χ1n) is 4.92. The van der Waals surface area contributed by atoms with E-state index in [4.69, 9.17) is 15.1 Å². The summed E-state index contributed by atoms with van der Waals surface area (Å²) in [4.78, 5) is 0. The molecule has 0 amide bonds. The number of aliphatic hydroxyl groups excluding tert-OH is 1. The van der Waals surface area contributed by atoms with Crippen molar-refractivity contribution in [1.82, 2.24) is 15.0 Å². The number of nitrogens with zero attached hydrogens (tertiary/aromatic N) is 4. The van der Waals surface area contributed by atoms with E-state index in [1.807, 2.05) is 6.07 Å². The summed E-state index contributed by atoms with van der Waals surface area (Å²) >= 11 is 0. The lowest BCUT2D eigenvalue weighted by atomic mass is 10.1. The quantitative estimate of drug-likeness (QED) is 0.755. The number of aromatic nitrogens is 3. The van der Waals surface area contributed by atoms with Gasteiger partial charge in [0.05, 0.1) is 13.2 Å². The van der Waals surface area contributed by atoms with Crippen LogP contribution in [0.1, 0.15) is 30.3 Å². The van der Waals surface area contributed by atoms with Crippen LogP contribution in [-0.2, 0) is 11.3 Å². The number of ether oxygens (including phenoxy) is 1. The molecule has 1 fully saturated rings. The molecule has 80 valence electrons. The van der Waals surface area contributed by atoms with Gasteiger partial charge in [-0.2, -0.15) is 5.26 Å². The maximum absolute atomic E-state index is 8.88. The molecule has 1 unspecified atom stereocenters. The summed E-state index contributed by atoms with van der Waals surface area (Å²) in [5.41, 5.74) is 0.999. The monoisotopic (exact) mass is 208 g/mol. The van der Waals surface area contributed by atoms with E-state index in [-0.39, 0.29) is 12.7 Å². The predicted octanol–water partition coefficient (Wildman–Crippen LogP) is -0.00642. The molecule has 1 aromatic rings. The first-order chi connectivity index (χ1) is 7.36. The van der Waals surface area contributed by atoms with Gasteiger partial charge in [0.15, 0.2) is 5.69 Å². The molecule has 1 saturated heterocycles. The molecule has 6 heteroatoms. The van der Waals surface area contributed by atoms with Crippen molar-refractivity contribution in [3.63, 3.8) is 0 Å². The molecule has 1 aliphatic rings. The van der Waals surface area contributed by atoms with Gasteiger partial charge in [-0.25, -0.2) is 4.68 Å². The Bertz CT molecular complexity index is 376. The van der Waals surface area contributed by atoms with Gasteiger partial charge in [0, 0.05) is 6.61 Å². The van der Waals surface area contributed by atoms with Crippen LogP contribution in [0.25, 0.3) is 0 Å². The van der Waals surface area contributed by atoms with Crippen molar-refractivity contribution in [1.29, 1.82) is 5.26 Å². The van der Waals surface area contributed by atoms with Crippen molar-refractivity contribution >= 4 is 0 Å². The van der Waals surface area contributed by atoms with E-state index in [0.717, 1.165) is 12.8 Å². The topological polar surface area (TPSA) is 84.0 Å². The minimum absolute atomic E-state index is 0.0199. The van der Waals surface area contributed by atoms with Crippen LogP contribution in [0.2, 0.25) is 0 Å². The van der Waals surface area contributed by atoms with Crippen molar-refractivity contribution in [2.75, 3.05) is 13.2 Å². The highest BCUT2D eigenvalue weighted by molar-refractivity contribution is 5.27. The highest BCUT2D eigenvalue weighted by Gasteiger charge is 2.26. The van der Waals surface area contributed by atoms with Crippen molar-refractivity contribution in [2.45, 2.75) is 25.5 Å². The van der Waals surface area contributed by atoms with Crippen LogP contribution < -0.4 is 0 Å². The van der Waals surface area contributed by atoms with Gasteiger partial charge in [-0.1, -0.05) is 5.21 Å². The fourth-order valence-corrected chi connectivity index (χ4v) is 1.77. The summed E-state index contributed by atoms with van der Waals surface area (Å²) in [6.45, 7) is 1.04. The third-order valence-corrected chi connectivity index (χ3v) is 2.43. The Morgan fingerprint density at radius 1 is 1.67 bits per heavy atom. The van der Waals surface area contributed by atoms with Crippen LogP contribution in [0, 0.1) is 11.3 Å². The van der Waals surface area contributed by atoms with Crippen LogP contribution in [0.15, 0.2) is 0 Å². The van der Waals surface area contributed by atoms with Gasteiger partial charge in [0.25, 0.3) is 0 Å². The Hall–Kier alpha value is -1.45. The average molecular weight is 208 g/mol. The smallest absolute Gasteiger partial charge is 0.188 e. The molecular formula is C9H12N4O2. The standard InChI is InChI=1S/C9H12N4O2/c10-6-7-9(8-2-1-5-15-8)13(3-4-14)12-11-7/h8,14H,1-5H2. The lowest BCUT2D eigenvalue weighted by molar-refractivity contribution is 0.103. The lowest BCUT2D eigenvalue weighted by Gasteiger charge is -2.10. The molecule has 0 spiro atoms. The SMILES string of the molecule is N#Cc1nnn(CCO)c1C1CCCO1. The zero-order chi connectivity index (χ0) is 10.7. The van der Waals surface area contributed by atoms with Crippen LogP contribution in [0.3, 0.4) is 0 Å². The molecule has 6 nitrogen and oxygen atoms in total. The van der Waals surface area contributed by atoms with E-state index >= 15 is 0 Å². The maximum Gasteiger partial charge on any atom is 0.188 e. The Morgan fingerprint density at radius 3 is 3.13 bits per heavy atom. The first kappa shape index (κ1) is 10.1. The molecule has 2 rings (SSSR count). The fraction of sp³-hybridized carbons (Fsp3) is 0.667.